The average molecular weight is 338 g/mol. The van der Waals surface area contributed by atoms with Gasteiger partial charge in [0.2, 0.25) is 5.91 Å². The zero-order chi connectivity index (χ0) is 17.7. The topological polar surface area (TPSA) is 78.4 Å². The van der Waals surface area contributed by atoms with Crippen LogP contribution in [0, 0.1) is 0 Å². The molecule has 1 amide bonds. The zero-order valence-corrected chi connectivity index (χ0v) is 12.2. The van der Waals surface area contributed by atoms with Gasteiger partial charge >= 0.3 is 12.1 Å². The van der Waals surface area contributed by atoms with Crippen LogP contribution in [0.2, 0.25) is 0 Å². The predicted octanol–water partition coefficient (Wildman–Crippen LogP) is 3.45. The fourth-order valence-corrected chi connectivity index (χ4v) is 2.03. The number of alkyl halides is 3. The number of nitrogens with one attached hydrogen (secondary N) is 2. The number of aromatic carboxylic acids is 1. The van der Waals surface area contributed by atoms with Crippen molar-refractivity contribution in [3.05, 3.63) is 59.7 Å². The number of para-hydroxylation sites is 2. The zero-order valence-electron chi connectivity index (χ0n) is 12.2. The summed E-state index contributed by atoms with van der Waals surface area (Å²) in [5, 5.41) is 13.8. The number of amides is 1. The van der Waals surface area contributed by atoms with Crippen LogP contribution in [-0.2, 0) is 11.0 Å². The standard InChI is InChI=1S/C16H13F3N2O3/c17-16(18,19)11-6-2-4-8-13(11)20-9-14(22)21-12-7-3-1-5-10(12)15(23)24/h1-8,20H,9H2,(H,21,22)(H,23,24). The molecule has 0 aliphatic carbocycles. The van der Waals surface area contributed by atoms with Gasteiger partial charge in [-0.2, -0.15) is 13.2 Å². The SMILES string of the molecule is O=C(CNc1ccccc1C(F)(F)F)Nc1ccccc1C(=O)O. The molecule has 0 bridgehead atoms. The maximum Gasteiger partial charge on any atom is 0.418 e. The molecule has 126 valence electrons. The number of benzene rings is 2. The Balaban J connectivity index is 2.07. The van der Waals surface area contributed by atoms with Gasteiger partial charge in [0.1, 0.15) is 0 Å². The average Bonchev–Trinajstić information content (AvgIpc) is 2.52. The second-order valence-electron chi connectivity index (χ2n) is 4.80. The van der Waals surface area contributed by atoms with Gasteiger partial charge in [0.05, 0.1) is 23.4 Å². The molecule has 0 radical (unpaired) electrons. The summed E-state index contributed by atoms with van der Waals surface area (Å²) in [5.74, 6) is -1.89. The van der Waals surface area contributed by atoms with E-state index in [2.05, 4.69) is 10.6 Å². The minimum absolute atomic E-state index is 0.0703. The van der Waals surface area contributed by atoms with E-state index in [0.717, 1.165) is 6.07 Å². The molecule has 0 fully saturated rings. The van der Waals surface area contributed by atoms with Crippen molar-refractivity contribution in [3.63, 3.8) is 0 Å². The van der Waals surface area contributed by atoms with Gasteiger partial charge in [0, 0.05) is 5.69 Å². The molecule has 0 aliphatic heterocycles. The van der Waals surface area contributed by atoms with Gasteiger partial charge in [0.15, 0.2) is 0 Å². The van der Waals surface area contributed by atoms with E-state index in [9.17, 15) is 22.8 Å². The van der Waals surface area contributed by atoms with Crippen molar-refractivity contribution in [2.24, 2.45) is 0 Å². The van der Waals surface area contributed by atoms with E-state index in [-0.39, 0.29) is 16.9 Å². The summed E-state index contributed by atoms with van der Waals surface area (Å²) in [6.07, 6.45) is -4.55. The monoisotopic (exact) mass is 338 g/mol. The van der Waals surface area contributed by atoms with E-state index in [0.29, 0.717) is 0 Å². The van der Waals surface area contributed by atoms with E-state index < -0.39 is 30.2 Å². The third kappa shape index (κ3) is 4.25. The third-order valence-electron chi connectivity index (χ3n) is 3.10. The number of rotatable bonds is 5. The van der Waals surface area contributed by atoms with E-state index in [4.69, 9.17) is 5.11 Å². The Bertz CT molecular complexity index is 760. The molecule has 5 nitrogen and oxygen atoms in total. The summed E-state index contributed by atoms with van der Waals surface area (Å²) >= 11 is 0. The Morgan fingerprint density at radius 3 is 2.17 bits per heavy atom. The van der Waals surface area contributed by atoms with E-state index >= 15 is 0 Å². The molecule has 0 aliphatic rings. The molecule has 0 spiro atoms. The molecule has 0 saturated heterocycles. The van der Waals surface area contributed by atoms with E-state index in [1.165, 1.54) is 42.5 Å². The molecule has 2 rings (SSSR count). The molecular weight excluding hydrogens is 325 g/mol. The second-order valence-corrected chi connectivity index (χ2v) is 4.80. The Morgan fingerprint density at radius 2 is 1.54 bits per heavy atom. The number of anilines is 2. The first-order valence-corrected chi connectivity index (χ1v) is 6.81. The van der Waals surface area contributed by atoms with Crippen LogP contribution in [0.15, 0.2) is 48.5 Å². The number of hydrogen-bond donors (Lipinski definition) is 3. The molecule has 0 heterocycles. The van der Waals surface area contributed by atoms with Crippen molar-refractivity contribution in [2.45, 2.75) is 6.18 Å². The van der Waals surface area contributed by atoms with Crippen LogP contribution >= 0.6 is 0 Å². The van der Waals surface area contributed by atoms with Crippen molar-refractivity contribution in [1.29, 1.82) is 0 Å². The highest BCUT2D eigenvalue weighted by Crippen LogP contribution is 2.34. The highest BCUT2D eigenvalue weighted by atomic mass is 19.4. The molecule has 0 aromatic heterocycles. The van der Waals surface area contributed by atoms with Crippen LogP contribution < -0.4 is 10.6 Å². The fraction of sp³-hybridized carbons (Fsp3) is 0.125. The van der Waals surface area contributed by atoms with Crippen LogP contribution in [0.5, 0.6) is 0 Å². The summed E-state index contributed by atoms with van der Waals surface area (Å²) in [5.41, 5.74) is -1.15. The lowest BCUT2D eigenvalue weighted by atomic mass is 10.1. The Morgan fingerprint density at radius 1 is 0.958 bits per heavy atom. The molecule has 8 heteroatoms. The maximum absolute atomic E-state index is 12.9. The molecule has 0 unspecified atom stereocenters. The number of carboxylic acid groups (broad SMARTS) is 1. The van der Waals surface area contributed by atoms with E-state index in [1.807, 2.05) is 0 Å². The molecule has 3 N–H and O–H groups in total. The Kier molecular flexibility index (Phi) is 5.08. The maximum atomic E-state index is 12.9. The lowest BCUT2D eigenvalue weighted by Gasteiger charge is -2.14. The fourth-order valence-electron chi connectivity index (χ4n) is 2.03. The van der Waals surface area contributed by atoms with Crippen LogP contribution in [0.25, 0.3) is 0 Å². The van der Waals surface area contributed by atoms with Crippen molar-refractivity contribution in [3.8, 4) is 0 Å². The van der Waals surface area contributed by atoms with Gasteiger partial charge in [-0.1, -0.05) is 24.3 Å². The number of carboxylic acids is 1. The lowest BCUT2D eigenvalue weighted by Crippen LogP contribution is -2.24. The summed E-state index contributed by atoms with van der Waals surface area (Å²) < 4.78 is 38.6. The van der Waals surface area contributed by atoms with Crippen molar-refractivity contribution < 1.29 is 27.9 Å². The van der Waals surface area contributed by atoms with Gasteiger partial charge < -0.3 is 15.7 Å². The summed E-state index contributed by atoms with van der Waals surface area (Å²) in [6.45, 7) is -0.443. The summed E-state index contributed by atoms with van der Waals surface area (Å²) in [6, 6.07) is 10.5. The highest BCUT2D eigenvalue weighted by molar-refractivity contribution is 6.01. The lowest BCUT2D eigenvalue weighted by molar-refractivity contribution is -0.137. The molecule has 0 saturated carbocycles. The number of carbonyl (C=O) groups excluding carboxylic acids is 1. The van der Waals surface area contributed by atoms with Gasteiger partial charge in [-0.05, 0) is 24.3 Å². The Hall–Kier alpha value is -3.03. The molecule has 24 heavy (non-hydrogen) atoms. The molecule has 2 aromatic rings. The van der Waals surface area contributed by atoms with Crippen LogP contribution in [0.1, 0.15) is 15.9 Å². The van der Waals surface area contributed by atoms with Crippen LogP contribution in [-0.4, -0.2) is 23.5 Å². The Labute approximate surface area is 135 Å². The smallest absolute Gasteiger partial charge is 0.418 e. The number of hydrogen-bond acceptors (Lipinski definition) is 3. The summed E-state index contributed by atoms with van der Waals surface area (Å²) in [4.78, 5) is 22.9. The van der Waals surface area contributed by atoms with Gasteiger partial charge in [-0.3, -0.25) is 4.79 Å². The third-order valence-corrected chi connectivity index (χ3v) is 3.10. The molecular formula is C16H13F3N2O3. The minimum Gasteiger partial charge on any atom is -0.478 e. The first-order chi connectivity index (χ1) is 11.3. The van der Waals surface area contributed by atoms with Gasteiger partial charge in [0.25, 0.3) is 0 Å². The largest absolute Gasteiger partial charge is 0.478 e. The highest BCUT2D eigenvalue weighted by Gasteiger charge is 2.33. The minimum atomic E-state index is -4.55. The van der Waals surface area contributed by atoms with Crippen molar-refractivity contribution >= 4 is 23.3 Å². The number of halogens is 3. The quantitative estimate of drug-likeness (QED) is 0.780. The van der Waals surface area contributed by atoms with Gasteiger partial charge in [-0.25, -0.2) is 4.79 Å². The molecule has 0 atom stereocenters. The second kappa shape index (κ2) is 7.03. The molecule has 2 aromatic carbocycles. The van der Waals surface area contributed by atoms with Crippen molar-refractivity contribution in [2.75, 3.05) is 17.2 Å². The van der Waals surface area contributed by atoms with Crippen LogP contribution in [0.3, 0.4) is 0 Å². The van der Waals surface area contributed by atoms with E-state index in [1.54, 1.807) is 0 Å². The predicted molar refractivity (Wildman–Crippen MR) is 82.0 cm³/mol. The van der Waals surface area contributed by atoms with Crippen molar-refractivity contribution in [1.82, 2.24) is 0 Å². The van der Waals surface area contributed by atoms with Gasteiger partial charge in [-0.15, -0.1) is 0 Å². The first-order valence-electron chi connectivity index (χ1n) is 6.81. The number of carbonyl (C=O) groups is 2. The summed E-state index contributed by atoms with van der Waals surface area (Å²) in [7, 11) is 0. The normalized spacial score (nSPS) is 11.0. The first kappa shape index (κ1) is 17.3. The van der Waals surface area contributed by atoms with Crippen LogP contribution in [0.4, 0.5) is 24.5 Å².